The molecule has 23 heavy (non-hydrogen) atoms. The van der Waals surface area contributed by atoms with E-state index in [0.717, 1.165) is 48.8 Å². The Labute approximate surface area is 140 Å². The summed E-state index contributed by atoms with van der Waals surface area (Å²) in [4.78, 5) is 15.6. The molecule has 2 heterocycles. The highest BCUT2D eigenvalue weighted by Gasteiger charge is 2.36. The average molecular weight is 317 g/mol. The summed E-state index contributed by atoms with van der Waals surface area (Å²) in [5.74, 6) is 0.961. The van der Waals surface area contributed by atoms with Crippen molar-refractivity contribution in [2.24, 2.45) is 5.92 Å². The Hall–Kier alpha value is -1.32. The molecule has 1 saturated heterocycles. The summed E-state index contributed by atoms with van der Waals surface area (Å²) in [5.41, 5.74) is 2.81. The van der Waals surface area contributed by atoms with Gasteiger partial charge >= 0.3 is 0 Å². The number of hydrogen-bond acceptors (Lipinski definition) is 2. The van der Waals surface area contributed by atoms with Gasteiger partial charge in [0.2, 0.25) is 0 Å². The van der Waals surface area contributed by atoms with E-state index in [2.05, 4.69) is 23.8 Å². The van der Waals surface area contributed by atoms with E-state index < -0.39 is 0 Å². The van der Waals surface area contributed by atoms with Gasteiger partial charge in [-0.2, -0.15) is 5.10 Å². The number of rotatable bonds is 3. The van der Waals surface area contributed by atoms with Crippen molar-refractivity contribution in [2.45, 2.75) is 84.7 Å². The Morgan fingerprint density at radius 1 is 1.13 bits per heavy atom. The van der Waals surface area contributed by atoms with E-state index in [1.165, 1.54) is 38.5 Å². The van der Waals surface area contributed by atoms with E-state index in [0.29, 0.717) is 6.04 Å². The fourth-order valence-corrected chi connectivity index (χ4v) is 4.62. The summed E-state index contributed by atoms with van der Waals surface area (Å²) in [6.45, 7) is 8.02. The fraction of sp³-hybridized carbons (Fsp3) is 0.789. The minimum Gasteiger partial charge on any atom is -0.335 e. The first-order valence-corrected chi connectivity index (χ1v) is 9.48. The lowest BCUT2D eigenvalue weighted by Gasteiger charge is -2.38. The number of aromatic nitrogens is 2. The molecule has 2 atom stereocenters. The molecule has 3 rings (SSSR count). The number of fused-ring (bicyclic) bond motifs is 1. The number of likely N-dealkylation sites (tertiary alicyclic amines) is 1. The van der Waals surface area contributed by atoms with Gasteiger partial charge in [-0.3, -0.25) is 9.48 Å². The summed E-state index contributed by atoms with van der Waals surface area (Å²) >= 11 is 0. The van der Waals surface area contributed by atoms with Gasteiger partial charge in [0.1, 0.15) is 0 Å². The molecule has 0 bridgehead atoms. The minimum atomic E-state index is 0.237. The second-order valence-electron chi connectivity index (χ2n) is 7.38. The molecule has 2 unspecified atom stereocenters. The zero-order valence-electron chi connectivity index (χ0n) is 15.0. The van der Waals surface area contributed by atoms with E-state index in [4.69, 9.17) is 0 Å². The maximum atomic E-state index is 13.3. The van der Waals surface area contributed by atoms with Gasteiger partial charge in [-0.05, 0) is 51.9 Å². The van der Waals surface area contributed by atoms with Gasteiger partial charge in [0.05, 0.1) is 11.3 Å². The highest BCUT2D eigenvalue weighted by Crippen LogP contribution is 2.35. The maximum absolute atomic E-state index is 13.3. The first-order valence-electron chi connectivity index (χ1n) is 9.48. The number of carbonyl (C=O) groups is 1. The standard InChI is InChI=1S/C19H31N3O/c1-4-12-22-15(3)18(14(2)20-22)19(23)21-13-8-7-10-16-9-5-6-11-17(16)21/h16-17H,4-13H2,1-3H3. The Morgan fingerprint density at radius 3 is 2.57 bits per heavy atom. The lowest BCUT2D eigenvalue weighted by molar-refractivity contribution is 0.0567. The van der Waals surface area contributed by atoms with Crippen LogP contribution in [0.5, 0.6) is 0 Å². The van der Waals surface area contributed by atoms with Crippen molar-refractivity contribution in [3.05, 3.63) is 17.0 Å². The smallest absolute Gasteiger partial charge is 0.257 e. The monoisotopic (exact) mass is 317 g/mol. The molecule has 4 heteroatoms. The molecule has 1 saturated carbocycles. The van der Waals surface area contributed by atoms with Crippen molar-refractivity contribution in [1.29, 1.82) is 0 Å². The molecule has 0 aromatic carbocycles. The SMILES string of the molecule is CCCn1nc(C)c(C(=O)N2CCCCC3CCCCC32)c1C. The summed E-state index contributed by atoms with van der Waals surface area (Å²) in [5, 5.41) is 4.61. The molecule has 1 aromatic rings. The van der Waals surface area contributed by atoms with Crippen LogP contribution in [0.15, 0.2) is 0 Å². The molecule has 0 radical (unpaired) electrons. The second kappa shape index (κ2) is 7.06. The van der Waals surface area contributed by atoms with Crippen molar-refractivity contribution in [2.75, 3.05) is 6.54 Å². The Morgan fingerprint density at radius 2 is 1.83 bits per heavy atom. The zero-order chi connectivity index (χ0) is 16.4. The van der Waals surface area contributed by atoms with Crippen LogP contribution in [-0.2, 0) is 6.54 Å². The maximum Gasteiger partial charge on any atom is 0.257 e. The van der Waals surface area contributed by atoms with Crippen LogP contribution >= 0.6 is 0 Å². The van der Waals surface area contributed by atoms with Crippen molar-refractivity contribution < 1.29 is 4.79 Å². The number of amides is 1. The summed E-state index contributed by atoms with van der Waals surface area (Å²) in [6.07, 6.45) is 9.90. The summed E-state index contributed by atoms with van der Waals surface area (Å²) in [7, 11) is 0. The molecule has 0 spiro atoms. The van der Waals surface area contributed by atoms with Gasteiger partial charge in [0.25, 0.3) is 5.91 Å². The molecular formula is C19H31N3O. The van der Waals surface area contributed by atoms with Crippen LogP contribution in [0.25, 0.3) is 0 Å². The predicted octanol–water partition coefficient (Wildman–Crippen LogP) is 4.09. The largest absolute Gasteiger partial charge is 0.335 e. The third-order valence-corrected chi connectivity index (χ3v) is 5.78. The van der Waals surface area contributed by atoms with Crippen molar-refractivity contribution >= 4 is 5.91 Å². The molecule has 1 amide bonds. The summed E-state index contributed by atoms with van der Waals surface area (Å²) < 4.78 is 2.01. The Balaban J connectivity index is 1.89. The molecule has 128 valence electrons. The molecule has 1 aliphatic heterocycles. The van der Waals surface area contributed by atoms with Crippen LogP contribution < -0.4 is 0 Å². The van der Waals surface area contributed by atoms with Gasteiger partial charge in [0, 0.05) is 24.8 Å². The normalized spacial score (nSPS) is 25.1. The first-order chi connectivity index (χ1) is 11.1. The molecule has 2 aliphatic rings. The van der Waals surface area contributed by atoms with Crippen LogP contribution in [0.1, 0.15) is 80.0 Å². The number of hydrogen-bond donors (Lipinski definition) is 0. The third-order valence-electron chi connectivity index (χ3n) is 5.78. The predicted molar refractivity (Wildman–Crippen MR) is 92.6 cm³/mol. The number of nitrogens with zero attached hydrogens (tertiary/aromatic N) is 3. The van der Waals surface area contributed by atoms with E-state index >= 15 is 0 Å². The lowest BCUT2D eigenvalue weighted by Crippen LogP contribution is -2.45. The quantitative estimate of drug-likeness (QED) is 0.842. The topological polar surface area (TPSA) is 38.1 Å². The van der Waals surface area contributed by atoms with Gasteiger partial charge in [-0.25, -0.2) is 0 Å². The van der Waals surface area contributed by atoms with Gasteiger partial charge in [-0.15, -0.1) is 0 Å². The lowest BCUT2D eigenvalue weighted by atomic mass is 9.81. The zero-order valence-corrected chi connectivity index (χ0v) is 15.0. The van der Waals surface area contributed by atoms with Crippen LogP contribution in [0.4, 0.5) is 0 Å². The molecule has 1 aromatic heterocycles. The second-order valence-corrected chi connectivity index (χ2v) is 7.38. The van der Waals surface area contributed by atoms with Crippen LogP contribution in [0.3, 0.4) is 0 Å². The third kappa shape index (κ3) is 3.17. The summed E-state index contributed by atoms with van der Waals surface area (Å²) in [6, 6.07) is 0.465. The van der Waals surface area contributed by atoms with Crippen LogP contribution in [-0.4, -0.2) is 33.2 Å². The van der Waals surface area contributed by atoms with E-state index in [1.807, 2.05) is 11.6 Å². The van der Waals surface area contributed by atoms with Gasteiger partial charge in [-0.1, -0.05) is 26.2 Å². The molecular weight excluding hydrogens is 286 g/mol. The van der Waals surface area contributed by atoms with Gasteiger partial charge < -0.3 is 4.90 Å². The first kappa shape index (κ1) is 16.5. The molecule has 2 fully saturated rings. The molecule has 4 nitrogen and oxygen atoms in total. The highest BCUT2D eigenvalue weighted by atomic mass is 16.2. The van der Waals surface area contributed by atoms with Crippen LogP contribution in [0, 0.1) is 19.8 Å². The number of aryl methyl sites for hydroxylation is 2. The Kier molecular flexibility index (Phi) is 5.08. The fourth-order valence-electron chi connectivity index (χ4n) is 4.62. The Bertz CT molecular complexity index is 563. The van der Waals surface area contributed by atoms with E-state index in [9.17, 15) is 4.79 Å². The van der Waals surface area contributed by atoms with Crippen LogP contribution in [0.2, 0.25) is 0 Å². The van der Waals surface area contributed by atoms with Crippen molar-refractivity contribution in [3.8, 4) is 0 Å². The van der Waals surface area contributed by atoms with Crippen molar-refractivity contribution in [1.82, 2.24) is 14.7 Å². The van der Waals surface area contributed by atoms with E-state index in [-0.39, 0.29) is 5.91 Å². The van der Waals surface area contributed by atoms with Crippen molar-refractivity contribution in [3.63, 3.8) is 0 Å². The molecule has 0 N–H and O–H groups in total. The highest BCUT2D eigenvalue weighted by molar-refractivity contribution is 5.96. The average Bonchev–Trinajstić information content (AvgIpc) is 2.73. The van der Waals surface area contributed by atoms with Gasteiger partial charge in [0.15, 0.2) is 0 Å². The molecule has 1 aliphatic carbocycles. The minimum absolute atomic E-state index is 0.237. The van der Waals surface area contributed by atoms with E-state index in [1.54, 1.807) is 0 Å². The number of carbonyl (C=O) groups excluding carboxylic acids is 1.